The third-order valence-corrected chi connectivity index (χ3v) is 5.46. The van der Waals surface area contributed by atoms with Crippen LogP contribution in [0.1, 0.15) is 75.3 Å². The molecule has 0 spiro atoms. The van der Waals surface area contributed by atoms with E-state index in [2.05, 4.69) is 11.9 Å². The molecule has 0 saturated heterocycles. The van der Waals surface area contributed by atoms with Crippen molar-refractivity contribution in [1.82, 2.24) is 4.98 Å². The van der Waals surface area contributed by atoms with Crippen molar-refractivity contribution >= 4 is 17.7 Å². The van der Waals surface area contributed by atoms with E-state index in [-0.39, 0.29) is 35.6 Å². The van der Waals surface area contributed by atoms with Gasteiger partial charge in [-0.25, -0.2) is 4.98 Å². The Labute approximate surface area is 195 Å². The minimum absolute atomic E-state index is 0.0462. The van der Waals surface area contributed by atoms with Gasteiger partial charge in [-0.15, -0.1) is 0 Å². The van der Waals surface area contributed by atoms with Crippen molar-refractivity contribution in [2.75, 3.05) is 7.11 Å². The van der Waals surface area contributed by atoms with E-state index in [4.69, 9.17) is 14.2 Å². The second-order valence-electron chi connectivity index (χ2n) is 8.11. The number of methoxy groups -OCH3 is 1. The number of carbonyl (C=O) groups excluding carboxylic acids is 3. The molecule has 7 nitrogen and oxygen atoms in total. The summed E-state index contributed by atoms with van der Waals surface area (Å²) >= 11 is 0. The number of benzene rings is 1. The first kappa shape index (κ1) is 26.0. The summed E-state index contributed by atoms with van der Waals surface area (Å²) in [4.78, 5) is 41.2. The number of ether oxygens (including phenoxy) is 3. The molecule has 3 atom stereocenters. The summed E-state index contributed by atoms with van der Waals surface area (Å²) in [5, 5.41) is 0. The number of nitrogens with zero attached hydrogens (tertiary/aromatic N) is 1. The van der Waals surface area contributed by atoms with E-state index < -0.39 is 23.6 Å². The fraction of sp³-hybridized carbons (Fsp3) is 0.462. The molecule has 0 amide bonds. The van der Waals surface area contributed by atoms with E-state index >= 15 is 0 Å². The second kappa shape index (κ2) is 12.7. The van der Waals surface area contributed by atoms with Gasteiger partial charge in [-0.3, -0.25) is 14.4 Å². The highest BCUT2D eigenvalue weighted by Crippen LogP contribution is 2.32. The number of aromatic nitrogens is 1. The van der Waals surface area contributed by atoms with Crippen LogP contribution in [-0.2, 0) is 14.3 Å². The van der Waals surface area contributed by atoms with Gasteiger partial charge in [0.25, 0.3) is 0 Å². The summed E-state index contributed by atoms with van der Waals surface area (Å²) < 4.78 is 16.1. The number of unbranched alkanes of at least 4 members (excludes halogenated alkanes) is 1. The number of esters is 2. The zero-order chi connectivity index (χ0) is 24.4. The number of carbonyl (C=O) groups is 3. The Morgan fingerprint density at radius 2 is 1.76 bits per heavy atom. The van der Waals surface area contributed by atoms with Crippen molar-refractivity contribution in [3.8, 4) is 11.5 Å². The average molecular weight is 456 g/mol. The number of pyridine rings is 1. The SMILES string of the molecule is CCCC[C@H](c1ccccc1)[C@H](C)OC(=O)[C@H](C)CC(=O)c1nccc(OC)c1OC(C)=O. The molecule has 0 radical (unpaired) electrons. The monoisotopic (exact) mass is 455 g/mol. The molecule has 1 aromatic carbocycles. The quantitative estimate of drug-likeness (QED) is 0.324. The Hall–Kier alpha value is -3.22. The molecule has 0 bridgehead atoms. The Kier molecular flexibility index (Phi) is 10.0. The number of ketones is 1. The molecule has 1 heterocycles. The van der Waals surface area contributed by atoms with Gasteiger partial charge in [0.15, 0.2) is 17.2 Å². The number of hydrogen-bond acceptors (Lipinski definition) is 7. The fourth-order valence-electron chi connectivity index (χ4n) is 3.67. The summed E-state index contributed by atoms with van der Waals surface area (Å²) in [7, 11) is 1.40. The number of rotatable bonds is 12. The third kappa shape index (κ3) is 7.41. The molecule has 33 heavy (non-hydrogen) atoms. The zero-order valence-corrected chi connectivity index (χ0v) is 20.0. The van der Waals surface area contributed by atoms with Crippen LogP contribution in [0.3, 0.4) is 0 Å². The lowest BCUT2D eigenvalue weighted by Crippen LogP contribution is -2.27. The molecule has 178 valence electrons. The van der Waals surface area contributed by atoms with Crippen LogP contribution < -0.4 is 9.47 Å². The van der Waals surface area contributed by atoms with E-state index in [0.29, 0.717) is 0 Å². The van der Waals surface area contributed by atoms with Gasteiger partial charge in [0.2, 0.25) is 5.75 Å². The van der Waals surface area contributed by atoms with Crippen LogP contribution in [0.25, 0.3) is 0 Å². The van der Waals surface area contributed by atoms with Crippen LogP contribution in [0, 0.1) is 5.92 Å². The maximum Gasteiger partial charge on any atom is 0.309 e. The Balaban J connectivity index is 2.10. The molecule has 1 aromatic heterocycles. The van der Waals surface area contributed by atoms with Crippen molar-refractivity contribution in [3.05, 3.63) is 53.9 Å². The van der Waals surface area contributed by atoms with Crippen molar-refractivity contribution in [2.45, 2.75) is 65.4 Å². The Morgan fingerprint density at radius 1 is 1.06 bits per heavy atom. The zero-order valence-electron chi connectivity index (χ0n) is 20.0. The minimum atomic E-state index is -0.694. The van der Waals surface area contributed by atoms with E-state index in [1.54, 1.807) is 6.92 Å². The fourth-order valence-corrected chi connectivity index (χ4v) is 3.67. The average Bonchev–Trinajstić information content (AvgIpc) is 2.79. The Morgan fingerprint density at radius 3 is 2.36 bits per heavy atom. The lowest BCUT2D eigenvalue weighted by Gasteiger charge is -2.26. The molecule has 0 fully saturated rings. The molecule has 0 aliphatic rings. The van der Waals surface area contributed by atoms with Crippen LogP contribution in [0.4, 0.5) is 0 Å². The van der Waals surface area contributed by atoms with Gasteiger partial charge < -0.3 is 14.2 Å². The van der Waals surface area contributed by atoms with Crippen LogP contribution in [0.15, 0.2) is 42.6 Å². The molecule has 0 aliphatic heterocycles. The topological polar surface area (TPSA) is 91.8 Å². The van der Waals surface area contributed by atoms with Crippen LogP contribution in [0.2, 0.25) is 0 Å². The molecule has 2 aromatic rings. The predicted molar refractivity (Wildman–Crippen MR) is 124 cm³/mol. The lowest BCUT2D eigenvalue weighted by molar-refractivity contribution is -0.153. The van der Waals surface area contributed by atoms with Crippen LogP contribution >= 0.6 is 0 Å². The van der Waals surface area contributed by atoms with Gasteiger partial charge in [0.05, 0.1) is 13.0 Å². The van der Waals surface area contributed by atoms with Crippen molar-refractivity contribution in [3.63, 3.8) is 0 Å². The van der Waals surface area contributed by atoms with Crippen molar-refractivity contribution in [2.24, 2.45) is 5.92 Å². The van der Waals surface area contributed by atoms with Gasteiger partial charge in [-0.2, -0.15) is 0 Å². The first-order valence-corrected chi connectivity index (χ1v) is 11.3. The van der Waals surface area contributed by atoms with E-state index in [0.717, 1.165) is 24.8 Å². The molecule has 0 N–H and O–H groups in total. The largest absolute Gasteiger partial charge is 0.493 e. The smallest absolute Gasteiger partial charge is 0.309 e. The second-order valence-corrected chi connectivity index (χ2v) is 8.11. The standard InChI is InChI=1S/C26H33NO6/c1-6-7-13-21(20-11-9-8-10-12-20)18(3)32-26(30)17(2)16-22(29)24-25(33-19(4)28)23(31-5)14-15-27-24/h8-12,14-15,17-18,21H,6-7,13,16H2,1-5H3/t17-,18+,21+/m1/s1. The number of hydrogen-bond donors (Lipinski definition) is 0. The predicted octanol–water partition coefficient (Wildman–Crippen LogP) is 5.13. The highest BCUT2D eigenvalue weighted by atomic mass is 16.6. The number of Topliss-reactive ketones (excluding diaryl/α,β-unsaturated/α-hetero) is 1. The highest BCUT2D eigenvalue weighted by molar-refractivity contribution is 5.99. The summed E-state index contributed by atoms with van der Waals surface area (Å²) in [6, 6.07) is 11.5. The van der Waals surface area contributed by atoms with E-state index in [1.165, 1.54) is 26.3 Å². The van der Waals surface area contributed by atoms with E-state index in [9.17, 15) is 14.4 Å². The maximum absolute atomic E-state index is 12.9. The first-order valence-electron chi connectivity index (χ1n) is 11.3. The van der Waals surface area contributed by atoms with Gasteiger partial charge >= 0.3 is 11.9 Å². The maximum atomic E-state index is 12.9. The molecular weight excluding hydrogens is 422 g/mol. The summed E-state index contributed by atoms with van der Waals surface area (Å²) in [6.45, 7) is 6.89. The summed E-state index contributed by atoms with van der Waals surface area (Å²) in [6.07, 6.45) is 3.90. The molecule has 0 saturated carbocycles. The van der Waals surface area contributed by atoms with Crippen molar-refractivity contribution in [1.29, 1.82) is 0 Å². The van der Waals surface area contributed by atoms with Gasteiger partial charge in [0.1, 0.15) is 6.10 Å². The van der Waals surface area contributed by atoms with Gasteiger partial charge in [-0.05, 0) is 18.9 Å². The normalized spacial score (nSPS) is 13.5. The van der Waals surface area contributed by atoms with Crippen LogP contribution in [-0.4, -0.2) is 35.9 Å². The summed E-state index contributed by atoms with van der Waals surface area (Å²) in [5.74, 6) is -1.94. The Bertz CT molecular complexity index is 943. The minimum Gasteiger partial charge on any atom is -0.493 e. The molecule has 0 aliphatic carbocycles. The third-order valence-electron chi connectivity index (χ3n) is 5.46. The molecule has 2 rings (SSSR count). The summed E-state index contributed by atoms with van der Waals surface area (Å²) in [5.41, 5.74) is 1.07. The molecular formula is C26H33NO6. The first-order chi connectivity index (χ1) is 15.8. The molecule has 0 unspecified atom stereocenters. The van der Waals surface area contributed by atoms with Crippen LogP contribution in [0.5, 0.6) is 11.5 Å². The molecule has 7 heteroatoms. The van der Waals surface area contributed by atoms with Crippen molar-refractivity contribution < 1.29 is 28.6 Å². The highest BCUT2D eigenvalue weighted by Gasteiger charge is 2.28. The van der Waals surface area contributed by atoms with Gasteiger partial charge in [-0.1, -0.05) is 57.0 Å². The van der Waals surface area contributed by atoms with Gasteiger partial charge in [0, 0.05) is 31.5 Å². The van der Waals surface area contributed by atoms with E-state index in [1.807, 2.05) is 37.3 Å². The lowest BCUT2D eigenvalue weighted by atomic mass is 9.89.